The topological polar surface area (TPSA) is 61.4 Å². The number of hydrogen-bond acceptors (Lipinski definition) is 4. The maximum absolute atomic E-state index is 11.4. The summed E-state index contributed by atoms with van der Waals surface area (Å²) in [6, 6.07) is 3.24. The fraction of sp³-hybridized carbons (Fsp3) is 0.400. The highest BCUT2D eigenvalue weighted by atomic mass is 35.5. The summed E-state index contributed by atoms with van der Waals surface area (Å²) in [7, 11) is 3.26. The van der Waals surface area contributed by atoms with Gasteiger partial charge in [0.25, 0.3) is 0 Å². The lowest BCUT2D eigenvalue weighted by Crippen LogP contribution is -2.42. The number of rotatable bonds is 4. The molecule has 1 aromatic heterocycles. The first-order valence-corrected chi connectivity index (χ1v) is 6.15. The number of thiophene rings is 1. The molecular formula is C10H14ClN3O2S. The van der Waals surface area contributed by atoms with E-state index < -0.39 is 6.03 Å². The fourth-order valence-electron chi connectivity index (χ4n) is 1.23. The Morgan fingerprint density at radius 3 is 2.71 bits per heavy atom. The molecule has 1 aromatic rings. The van der Waals surface area contributed by atoms with Gasteiger partial charge in [-0.05, 0) is 19.2 Å². The Bertz CT molecular complexity index is 408. The zero-order valence-corrected chi connectivity index (χ0v) is 11.2. The minimum absolute atomic E-state index is 0.156. The first-order chi connectivity index (χ1) is 8.01. The molecule has 0 saturated heterocycles. The molecule has 2 N–H and O–H groups in total. The Hall–Kier alpha value is -1.11. The predicted molar refractivity (Wildman–Crippen MR) is 68.3 cm³/mol. The molecule has 7 heteroatoms. The van der Waals surface area contributed by atoms with E-state index in [1.165, 1.54) is 18.4 Å². The highest BCUT2D eigenvalue weighted by Crippen LogP contribution is 2.22. The van der Waals surface area contributed by atoms with E-state index >= 15 is 0 Å². The van der Waals surface area contributed by atoms with Crippen LogP contribution in [0.25, 0.3) is 0 Å². The fourth-order valence-corrected chi connectivity index (χ4v) is 2.40. The van der Waals surface area contributed by atoms with E-state index in [1.807, 2.05) is 12.1 Å². The van der Waals surface area contributed by atoms with Crippen LogP contribution >= 0.6 is 22.9 Å². The van der Waals surface area contributed by atoms with Crippen LogP contribution in [0.2, 0.25) is 4.34 Å². The van der Waals surface area contributed by atoms with Crippen molar-refractivity contribution in [2.45, 2.75) is 6.54 Å². The summed E-state index contributed by atoms with van der Waals surface area (Å²) >= 11 is 7.28. The summed E-state index contributed by atoms with van der Waals surface area (Å²) in [6.07, 6.45) is 0. The number of amides is 3. The van der Waals surface area contributed by atoms with Crippen molar-refractivity contribution in [1.82, 2.24) is 15.5 Å². The molecule has 0 aliphatic heterocycles. The van der Waals surface area contributed by atoms with Gasteiger partial charge in [0.2, 0.25) is 5.91 Å². The molecule has 0 aliphatic rings. The number of halogens is 1. The van der Waals surface area contributed by atoms with Gasteiger partial charge in [-0.3, -0.25) is 15.0 Å². The van der Waals surface area contributed by atoms with Gasteiger partial charge in [0.15, 0.2) is 0 Å². The first-order valence-electron chi connectivity index (χ1n) is 4.95. The lowest BCUT2D eigenvalue weighted by atomic mass is 10.4. The van der Waals surface area contributed by atoms with Crippen molar-refractivity contribution in [3.63, 3.8) is 0 Å². The van der Waals surface area contributed by atoms with Crippen LogP contribution in [0.3, 0.4) is 0 Å². The summed E-state index contributed by atoms with van der Waals surface area (Å²) in [6.45, 7) is 0.779. The van der Waals surface area contributed by atoms with Crippen molar-refractivity contribution in [2.24, 2.45) is 0 Å². The second-order valence-corrected chi connectivity index (χ2v) is 5.31. The smallest absolute Gasteiger partial charge is 0.321 e. The number of carbonyl (C=O) groups excluding carboxylic acids is 2. The Balaban J connectivity index is 2.36. The summed E-state index contributed by atoms with van der Waals surface area (Å²) < 4.78 is 0.725. The average Bonchev–Trinajstić information content (AvgIpc) is 2.63. The van der Waals surface area contributed by atoms with Crippen molar-refractivity contribution in [2.75, 3.05) is 20.6 Å². The number of imide groups is 1. The Morgan fingerprint density at radius 1 is 1.47 bits per heavy atom. The number of hydrogen-bond donors (Lipinski definition) is 2. The average molecular weight is 276 g/mol. The van der Waals surface area contributed by atoms with Crippen LogP contribution in [0.5, 0.6) is 0 Å². The van der Waals surface area contributed by atoms with Gasteiger partial charge in [0.05, 0.1) is 10.9 Å². The van der Waals surface area contributed by atoms with E-state index in [9.17, 15) is 9.59 Å². The molecule has 0 saturated carbocycles. The van der Waals surface area contributed by atoms with Crippen LogP contribution in [0, 0.1) is 0 Å². The van der Waals surface area contributed by atoms with E-state index in [0.29, 0.717) is 6.54 Å². The van der Waals surface area contributed by atoms with E-state index in [2.05, 4.69) is 10.6 Å². The SMILES string of the molecule is CNC(=O)NC(=O)CN(C)Cc1ccc(Cl)s1. The third-order valence-electron chi connectivity index (χ3n) is 1.95. The number of nitrogens with zero attached hydrogens (tertiary/aromatic N) is 1. The number of likely N-dealkylation sites (N-methyl/N-ethyl adjacent to an activating group) is 1. The third kappa shape index (κ3) is 5.16. The van der Waals surface area contributed by atoms with Crippen molar-refractivity contribution in [1.29, 1.82) is 0 Å². The van der Waals surface area contributed by atoms with E-state index in [4.69, 9.17) is 11.6 Å². The standard InChI is InChI=1S/C10H14ClN3O2S/c1-12-10(16)13-9(15)6-14(2)5-7-3-4-8(11)17-7/h3-4H,5-6H2,1-2H3,(H2,12,13,15,16). The minimum Gasteiger partial charge on any atom is -0.341 e. The van der Waals surface area contributed by atoms with Gasteiger partial charge in [-0.2, -0.15) is 0 Å². The quantitative estimate of drug-likeness (QED) is 0.870. The van der Waals surface area contributed by atoms with Gasteiger partial charge < -0.3 is 5.32 Å². The van der Waals surface area contributed by atoms with Gasteiger partial charge in [0.1, 0.15) is 0 Å². The molecule has 0 aromatic carbocycles. The first kappa shape index (κ1) is 14.0. The Morgan fingerprint density at radius 2 is 2.18 bits per heavy atom. The second-order valence-electron chi connectivity index (χ2n) is 3.51. The zero-order valence-electron chi connectivity index (χ0n) is 9.62. The maximum Gasteiger partial charge on any atom is 0.321 e. The molecular weight excluding hydrogens is 262 g/mol. The van der Waals surface area contributed by atoms with Gasteiger partial charge in [-0.25, -0.2) is 4.79 Å². The van der Waals surface area contributed by atoms with E-state index in [-0.39, 0.29) is 12.5 Å². The highest BCUT2D eigenvalue weighted by Gasteiger charge is 2.10. The molecule has 94 valence electrons. The Kier molecular flexibility index (Phi) is 5.40. The molecule has 1 rings (SSSR count). The van der Waals surface area contributed by atoms with Gasteiger partial charge in [-0.15, -0.1) is 11.3 Å². The predicted octanol–water partition coefficient (Wildman–Crippen LogP) is 1.29. The number of carbonyl (C=O) groups is 2. The molecule has 0 fully saturated rings. The Labute approximate surface area is 109 Å². The summed E-state index contributed by atoms with van der Waals surface area (Å²) in [5.74, 6) is -0.338. The van der Waals surface area contributed by atoms with E-state index in [0.717, 1.165) is 9.21 Å². The molecule has 0 aliphatic carbocycles. The molecule has 0 atom stereocenters. The van der Waals surface area contributed by atoms with Crippen LogP contribution in [-0.4, -0.2) is 37.5 Å². The summed E-state index contributed by atoms with van der Waals surface area (Å²) in [5.41, 5.74) is 0. The molecule has 0 radical (unpaired) electrons. The molecule has 0 bridgehead atoms. The number of urea groups is 1. The highest BCUT2D eigenvalue weighted by molar-refractivity contribution is 7.16. The van der Waals surface area contributed by atoms with Crippen molar-refractivity contribution < 1.29 is 9.59 Å². The van der Waals surface area contributed by atoms with Crippen LogP contribution < -0.4 is 10.6 Å². The summed E-state index contributed by atoms with van der Waals surface area (Å²) in [5, 5.41) is 4.52. The molecule has 5 nitrogen and oxygen atoms in total. The normalized spacial score (nSPS) is 10.4. The third-order valence-corrected chi connectivity index (χ3v) is 3.16. The summed E-state index contributed by atoms with van der Waals surface area (Å²) in [4.78, 5) is 25.2. The van der Waals surface area contributed by atoms with Crippen LogP contribution in [0.4, 0.5) is 4.79 Å². The number of nitrogens with one attached hydrogen (secondary N) is 2. The van der Waals surface area contributed by atoms with Crippen LogP contribution in [0.1, 0.15) is 4.88 Å². The van der Waals surface area contributed by atoms with Gasteiger partial charge in [-0.1, -0.05) is 11.6 Å². The van der Waals surface area contributed by atoms with Crippen molar-refractivity contribution in [3.05, 3.63) is 21.3 Å². The molecule has 3 amide bonds. The van der Waals surface area contributed by atoms with Gasteiger partial charge >= 0.3 is 6.03 Å². The second kappa shape index (κ2) is 6.58. The van der Waals surface area contributed by atoms with Crippen molar-refractivity contribution >= 4 is 34.9 Å². The zero-order chi connectivity index (χ0) is 12.8. The lowest BCUT2D eigenvalue weighted by Gasteiger charge is -2.14. The van der Waals surface area contributed by atoms with E-state index in [1.54, 1.807) is 11.9 Å². The molecule has 1 heterocycles. The molecule has 0 spiro atoms. The maximum atomic E-state index is 11.4. The monoisotopic (exact) mass is 275 g/mol. The van der Waals surface area contributed by atoms with Gasteiger partial charge in [0, 0.05) is 18.5 Å². The van der Waals surface area contributed by atoms with Crippen LogP contribution in [0.15, 0.2) is 12.1 Å². The van der Waals surface area contributed by atoms with Crippen LogP contribution in [-0.2, 0) is 11.3 Å². The molecule has 17 heavy (non-hydrogen) atoms. The molecule has 0 unspecified atom stereocenters. The van der Waals surface area contributed by atoms with Crippen molar-refractivity contribution in [3.8, 4) is 0 Å². The minimum atomic E-state index is -0.498. The lowest BCUT2D eigenvalue weighted by molar-refractivity contribution is -0.120. The largest absolute Gasteiger partial charge is 0.341 e.